The second-order valence-electron chi connectivity index (χ2n) is 6.44. The second-order valence-corrected chi connectivity index (χ2v) is 8.64. The van der Waals surface area contributed by atoms with Crippen LogP contribution in [0.3, 0.4) is 0 Å². The predicted molar refractivity (Wildman–Crippen MR) is 103 cm³/mol. The van der Waals surface area contributed by atoms with Crippen LogP contribution >= 0.6 is 11.6 Å². The molecule has 1 aliphatic heterocycles. The van der Waals surface area contributed by atoms with Crippen molar-refractivity contribution in [2.45, 2.75) is 4.90 Å². The minimum Gasteiger partial charge on any atom is -0.352 e. The highest BCUT2D eigenvalue weighted by Crippen LogP contribution is 2.31. The Morgan fingerprint density at radius 2 is 1.69 bits per heavy atom. The molecule has 136 valence electrons. The summed E-state index contributed by atoms with van der Waals surface area (Å²) in [6.45, 7) is 3.39. The fourth-order valence-electron chi connectivity index (χ4n) is 3.18. The van der Waals surface area contributed by atoms with Gasteiger partial charge in [0, 0.05) is 36.6 Å². The van der Waals surface area contributed by atoms with Crippen molar-refractivity contribution < 1.29 is 8.42 Å². The van der Waals surface area contributed by atoms with Gasteiger partial charge in [-0.15, -0.1) is 5.10 Å². The lowest BCUT2D eigenvalue weighted by Gasteiger charge is -2.32. The van der Waals surface area contributed by atoms with Gasteiger partial charge in [0.15, 0.2) is 5.82 Å². The van der Waals surface area contributed by atoms with Crippen LogP contribution in [0.4, 0.5) is 5.82 Å². The summed E-state index contributed by atoms with van der Waals surface area (Å²) in [5.74, 6) is 0.662. The van der Waals surface area contributed by atoms with E-state index in [0.717, 1.165) is 35.7 Å². The number of aromatic nitrogens is 2. The van der Waals surface area contributed by atoms with Gasteiger partial charge in [-0.3, -0.25) is 0 Å². The molecule has 0 spiro atoms. The topological polar surface area (TPSA) is 58.4 Å². The summed E-state index contributed by atoms with van der Waals surface area (Å²) in [4.78, 5) is 4.57. The van der Waals surface area contributed by atoms with Crippen molar-refractivity contribution in [3.63, 3.8) is 0 Å². The first kappa shape index (κ1) is 17.3. The number of hydrogen-bond donors (Lipinski definition) is 0. The fraction of sp³-hybridized carbons (Fsp3) is 0.278. The first-order valence-corrected chi connectivity index (χ1v) is 10.2. The summed E-state index contributed by atoms with van der Waals surface area (Å²) in [6, 6.07) is 13.5. The van der Waals surface area contributed by atoms with E-state index in [0.29, 0.717) is 16.4 Å². The molecule has 4 rings (SSSR count). The van der Waals surface area contributed by atoms with Gasteiger partial charge >= 0.3 is 0 Å². The fourth-order valence-corrected chi connectivity index (χ4v) is 4.65. The van der Waals surface area contributed by atoms with E-state index in [-0.39, 0.29) is 4.90 Å². The smallest absolute Gasteiger partial charge is 0.283 e. The van der Waals surface area contributed by atoms with Crippen molar-refractivity contribution in [1.29, 1.82) is 0 Å². The Labute approximate surface area is 157 Å². The highest BCUT2D eigenvalue weighted by molar-refractivity contribution is 7.90. The van der Waals surface area contributed by atoms with Crippen molar-refractivity contribution in [2.24, 2.45) is 0 Å². The van der Waals surface area contributed by atoms with Crippen molar-refractivity contribution in [2.75, 3.05) is 38.1 Å². The van der Waals surface area contributed by atoms with Gasteiger partial charge in [0.25, 0.3) is 10.0 Å². The van der Waals surface area contributed by atoms with Crippen LogP contribution in [0.15, 0.2) is 53.4 Å². The van der Waals surface area contributed by atoms with Crippen LogP contribution in [0.25, 0.3) is 10.9 Å². The molecule has 0 N–H and O–H groups in total. The summed E-state index contributed by atoms with van der Waals surface area (Å²) >= 11 is 6.18. The summed E-state index contributed by atoms with van der Waals surface area (Å²) in [7, 11) is -1.71. The number of rotatable bonds is 3. The molecule has 2 aromatic carbocycles. The maximum absolute atomic E-state index is 13.1. The summed E-state index contributed by atoms with van der Waals surface area (Å²) < 4.78 is 27.4. The molecule has 8 heteroatoms. The summed E-state index contributed by atoms with van der Waals surface area (Å²) in [6.07, 6.45) is 0. The van der Waals surface area contributed by atoms with Crippen LogP contribution in [0, 0.1) is 0 Å². The van der Waals surface area contributed by atoms with Crippen LogP contribution in [-0.2, 0) is 10.0 Å². The van der Waals surface area contributed by atoms with E-state index in [4.69, 9.17) is 11.6 Å². The summed E-state index contributed by atoms with van der Waals surface area (Å²) in [5, 5.41) is 5.82. The van der Waals surface area contributed by atoms with Gasteiger partial charge < -0.3 is 9.80 Å². The Morgan fingerprint density at radius 3 is 2.38 bits per heavy atom. The maximum atomic E-state index is 13.1. The monoisotopic (exact) mass is 390 g/mol. The number of hydrogen-bond acceptors (Lipinski definition) is 5. The molecule has 1 aliphatic rings. The van der Waals surface area contributed by atoms with Gasteiger partial charge in [-0.05, 0) is 37.4 Å². The Hall–Kier alpha value is -2.09. The van der Waals surface area contributed by atoms with Gasteiger partial charge in [0.05, 0.1) is 10.4 Å². The number of nitrogens with zero attached hydrogens (tertiary/aromatic N) is 4. The minimum absolute atomic E-state index is 0.212. The lowest BCUT2D eigenvalue weighted by atomic mass is 10.2. The number of halogens is 1. The van der Waals surface area contributed by atoms with Gasteiger partial charge in [-0.1, -0.05) is 29.8 Å². The molecule has 3 aromatic rings. The van der Waals surface area contributed by atoms with E-state index in [1.807, 2.05) is 0 Å². The standard InChI is InChI=1S/C18H19ClN4O2S/c1-21-9-11-22(12-10-21)18-16-13-14(19)7-8-17(16)23(20-18)26(24,25)15-5-3-2-4-6-15/h2-8,13H,9-12H2,1H3. The van der Waals surface area contributed by atoms with Gasteiger partial charge in [0.2, 0.25) is 0 Å². The molecule has 0 bridgehead atoms. The molecule has 2 heterocycles. The number of likely N-dealkylation sites (N-methyl/N-ethyl adjacent to an activating group) is 1. The SMILES string of the molecule is CN1CCN(c2nn(S(=O)(=O)c3ccccc3)c3ccc(Cl)cc23)CC1. The molecule has 1 fully saturated rings. The molecule has 0 saturated carbocycles. The lowest BCUT2D eigenvalue weighted by molar-refractivity contribution is 0.312. The number of piperazine rings is 1. The van der Waals surface area contributed by atoms with E-state index in [2.05, 4.69) is 21.9 Å². The van der Waals surface area contributed by atoms with Crippen molar-refractivity contribution in [3.8, 4) is 0 Å². The van der Waals surface area contributed by atoms with E-state index >= 15 is 0 Å². The van der Waals surface area contributed by atoms with Gasteiger partial charge in [-0.2, -0.15) is 12.5 Å². The van der Waals surface area contributed by atoms with Crippen LogP contribution < -0.4 is 4.90 Å². The zero-order chi connectivity index (χ0) is 18.3. The lowest BCUT2D eigenvalue weighted by Crippen LogP contribution is -2.44. The molecule has 0 atom stereocenters. The average Bonchev–Trinajstić information content (AvgIpc) is 3.02. The number of anilines is 1. The molecule has 6 nitrogen and oxygen atoms in total. The van der Waals surface area contributed by atoms with E-state index < -0.39 is 10.0 Å². The second kappa shape index (κ2) is 6.57. The highest BCUT2D eigenvalue weighted by Gasteiger charge is 2.26. The third-order valence-corrected chi connectivity index (χ3v) is 6.50. The van der Waals surface area contributed by atoms with Crippen molar-refractivity contribution >= 4 is 38.3 Å². The van der Waals surface area contributed by atoms with Crippen LogP contribution in [0.5, 0.6) is 0 Å². The minimum atomic E-state index is -3.78. The van der Waals surface area contributed by atoms with E-state index in [1.165, 1.54) is 0 Å². The Balaban J connectivity index is 1.89. The van der Waals surface area contributed by atoms with E-state index in [9.17, 15) is 8.42 Å². The Bertz CT molecular complexity index is 1040. The van der Waals surface area contributed by atoms with E-state index in [1.54, 1.807) is 48.5 Å². The summed E-state index contributed by atoms with van der Waals surface area (Å²) in [5.41, 5.74) is 0.534. The molecule has 0 radical (unpaired) electrons. The molecule has 1 saturated heterocycles. The normalized spacial score (nSPS) is 16.3. The quantitative estimate of drug-likeness (QED) is 0.688. The third kappa shape index (κ3) is 2.96. The predicted octanol–water partition coefficient (Wildman–Crippen LogP) is 2.68. The molecular weight excluding hydrogens is 372 g/mol. The van der Waals surface area contributed by atoms with Crippen LogP contribution in [0.1, 0.15) is 0 Å². The molecular formula is C18H19ClN4O2S. The van der Waals surface area contributed by atoms with Crippen molar-refractivity contribution in [3.05, 3.63) is 53.6 Å². The molecule has 1 aromatic heterocycles. The third-order valence-electron chi connectivity index (χ3n) is 4.66. The van der Waals surface area contributed by atoms with Crippen LogP contribution in [-0.4, -0.2) is 55.7 Å². The first-order chi connectivity index (χ1) is 12.5. The zero-order valence-electron chi connectivity index (χ0n) is 14.3. The number of benzene rings is 2. The Morgan fingerprint density at radius 1 is 1.00 bits per heavy atom. The molecule has 26 heavy (non-hydrogen) atoms. The average molecular weight is 391 g/mol. The number of fused-ring (bicyclic) bond motifs is 1. The zero-order valence-corrected chi connectivity index (χ0v) is 15.9. The Kier molecular flexibility index (Phi) is 4.38. The highest BCUT2D eigenvalue weighted by atomic mass is 35.5. The largest absolute Gasteiger partial charge is 0.352 e. The van der Waals surface area contributed by atoms with Crippen molar-refractivity contribution in [1.82, 2.24) is 14.1 Å². The van der Waals surface area contributed by atoms with Crippen LogP contribution in [0.2, 0.25) is 5.02 Å². The van der Waals surface area contributed by atoms with Gasteiger partial charge in [0.1, 0.15) is 0 Å². The first-order valence-electron chi connectivity index (χ1n) is 8.39. The van der Waals surface area contributed by atoms with Gasteiger partial charge in [-0.25, -0.2) is 0 Å². The molecule has 0 aliphatic carbocycles. The molecule has 0 amide bonds. The maximum Gasteiger partial charge on any atom is 0.283 e. The molecule has 0 unspecified atom stereocenters.